The van der Waals surface area contributed by atoms with Crippen molar-refractivity contribution >= 4 is 11.7 Å². The number of anilines is 1. The normalized spacial score (nSPS) is 10.3. The molecule has 0 spiro atoms. The van der Waals surface area contributed by atoms with Gasteiger partial charge in [-0.1, -0.05) is 6.07 Å². The Balaban J connectivity index is 2.11. The van der Waals surface area contributed by atoms with Gasteiger partial charge in [0.05, 0.1) is 5.69 Å². The molecular weight excluding hydrogens is 228 g/mol. The predicted octanol–water partition coefficient (Wildman–Crippen LogP) is 1.64. The summed E-state index contributed by atoms with van der Waals surface area (Å²) in [5, 5.41) is 4.21. The number of rotatable bonds is 4. The van der Waals surface area contributed by atoms with Crippen molar-refractivity contribution in [3.8, 4) is 0 Å². The number of amides is 1. The van der Waals surface area contributed by atoms with Gasteiger partial charge >= 0.3 is 0 Å². The molecule has 2 aromatic rings. The Bertz CT molecular complexity index is 521. The lowest BCUT2D eigenvalue weighted by atomic mass is 10.4. The summed E-state index contributed by atoms with van der Waals surface area (Å²) in [5.74, 6) is 0.660. The lowest BCUT2D eigenvalue weighted by Crippen LogP contribution is -2.34. The van der Waals surface area contributed by atoms with E-state index in [1.807, 2.05) is 38.1 Å². The third-order valence-electron chi connectivity index (χ3n) is 2.61. The molecule has 5 heteroatoms. The monoisotopic (exact) mass is 244 g/mol. The summed E-state index contributed by atoms with van der Waals surface area (Å²) in [4.78, 5) is 18.0. The van der Waals surface area contributed by atoms with Gasteiger partial charge < -0.3 is 0 Å². The molecule has 1 amide bonds. The van der Waals surface area contributed by atoms with Gasteiger partial charge in [0.1, 0.15) is 12.4 Å². The highest BCUT2D eigenvalue weighted by molar-refractivity contribution is 5.92. The maximum Gasteiger partial charge on any atom is 0.249 e. The smallest absolute Gasteiger partial charge is 0.249 e. The van der Waals surface area contributed by atoms with E-state index in [0.29, 0.717) is 12.4 Å². The van der Waals surface area contributed by atoms with Gasteiger partial charge in [-0.3, -0.25) is 14.4 Å². The van der Waals surface area contributed by atoms with Crippen molar-refractivity contribution < 1.29 is 4.79 Å². The Morgan fingerprint density at radius 3 is 2.78 bits per heavy atom. The largest absolute Gasteiger partial charge is 0.295 e. The van der Waals surface area contributed by atoms with Crippen molar-refractivity contribution in [2.45, 2.75) is 20.4 Å². The highest BCUT2D eigenvalue weighted by Crippen LogP contribution is 2.09. The average molecular weight is 244 g/mol. The Labute approximate surface area is 106 Å². The minimum Gasteiger partial charge on any atom is -0.295 e. The maximum atomic E-state index is 12.2. The standard InChI is InChI=1S/C13H16N4O/c1-3-17(12-6-4-5-8-14-12)13(18)10-16-9-7-11(2)15-16/h4-9H,3,10H2,1-2H3. The van der Waals surface area contributed by atoms with E-state index in [1.165, 1.54) is 0 Å². The van der Waals surface area contributed by atoms with Gasteiger partial charge in [0.25, 0.3) is 0 Å². The summed E-state index contributed by atoms with van der Waals surface area (Å²) >= 11 is 0. The highest BCUT2D eigenvalue weighted by atomic mass is 16.2. The lowest BCUT2D eigenvalue weighted by molar-refractivity contribution is -0.119. The van der Waals surface area contributed by atoms with Gasteiger partial charge in [0, 0.05) is 18.9 Å². The molecule has 18 heavy (non-hydrogen) atoms. The Kier molecular flexibility index (Phi) is 3.72. The molecule has 0 atom stereocenters. The first-order chi connectivity index (χ1) is 8.70. The first-order valence-electron chi connectivity index (χ1n) is 5.92. The molecule has 0 saturated carbocycles. The number of carbonyl (C=O) groups is 1. The summed E-state index contributed by atoms with van der Waals surface area (Å²) < 4.78 is 1.64. The predicted molar refractivity (Wildman–Crippen MR) is 69.2 cm³/mol. The number of aryl methyl sites for hydroxylation is 1. The number of hydrogen-bond acceptors (Lipinski definition) is 3. The van der Waals surface area contributed by atoms with E-state index in [2.05, 4.69) is 10.1 Å². The van der Waals surface area contributed by atoms with Gasteiger partial charge in [-0.05, 0) is 32.0 Å². The van der Waals surface area contributed by atoms with Crippen LogP contribution < -0.4 is 4.90 Å². The number of likely N-dealkylation sites (N-methyl/N-ethyl adjacent to an activating group) is 1. The molecule has 0 aliphatic rings. The quantitative estimate of drug-likeness (QED) is 0.821. The molecule has 0 radical (unpaired) electrons. The van der Waals surface area contributed by atoms with E-state index in [1.54, 1.807) is 22.0 Å². The van der Waals surface area contributed by atoms with Crippen LogP contribution in [0.5, 0.6) is 0 Å². The van der Waals surface area contributed by atoms with Gasteiger partial charge in [0.15, 0.2) is 0 Å². The van der Waals surface area contributed by atoms with Gasteiger partial charge in [-0.2, -0.15) is 5.10 Å². The van der Waals surface area contributed by atoms with E-state index in [9.17, 15) is 4.79 Å². The fourth-order valence-electron chi connectivity index (χ4n) is 1.75. The molecular formula is C13H16N4O. The molecule has 0 bridgehead atoms. The van der Waals surface area contributed by atoms with Gasteiger partial charge in [-0.25, -0.2) is 4.98 Å². The number of carbonyl (C=O) groups excluding carboxylic acids is 1. The molecule has 0 aromatic carbocycles. The summed E-state index contributed by atoms with van der Waals surface area (Å²) in [6.45, 7) is 4.66. The molecule has 2 aromatic heterocycles. The fraction of sp³-hybridized carbons (Fsp3) is 0.308. The molecule has 2 rings (SSSR count). The molecule has 0 aliphatic carbocycles. The van der Waals surface area contributed by atoms with Crippen molar-refractivity contribution in [3.63, 3.8) is 0 Å². The van der Waals surface area contributed by atoms with Gasteiger partial charge in [0.2, 0.25) is 5.91 Å². The average Bonchev–Trinajstić information content (AvgIpc) is 2.77. The number of aromatic nitrogens is 3. The van der Waals surface area contributed by atoms with E-state index >= 15 is 0 Å². The number of pyridine rings is 1. The topological polar surface area (TPSA) is 51.0 Å². The van der Waals surface area contributed by atoms with Crippen LogP contribution in [0.2, 0.25) is 0 Å². The number of hydrogen-bond donors (Lipinski definition) is 0. The van der Waals surface area contributed by atoms with Crippen LogP contribution in [0.1, 0.15) is 12.6 Å². The van der Waals surface area contributed by atoms with Crippen LogP contribution in [0.25, 0.3) is 0 Å². The van der Waals surface area contributed by atoms with Crippen LogP contribution in [-0.4, -0.2) is 27.2 Å². The molecule has 0 unspecified atom stereocenters. The minimum absolute atomic E-state index is 0.0145. The van der Waals surface area contributed by atoms with Crippen LogP contribution in [-0.2, 0) is 11.3 Å². The lowest BCUT2D eigenvalue weighted by Gasteiger charge is -2.19. The molecule has 5 nitrogen and oxygen atoms in total. The van der Waals surface area contributed by atoms with Crippen LogP contribution in [0, 0.1) is 6.92 Å². The third-order valence-corrected chi connectivity index (χ3v) is 2.61. The molecule has 0 fully saturated rings. The summed E-state index contributed by atoms with van der Waals surface area (Å²) in [5.41, 5.74) is 0.906. The second-order valence-electron chi connectivity index (χ2n) is 3.98. The van der Waals surface area contributed by atoms with Crippen molar-refractivity contribution in [2.75, 3.05) is 11.4 Å². The molecule has 94 valence electrons. The third kappa shape index (κ3) is 2.74. The van der Waals surface area contributed by atoms with Crippen LogP contribution in [0.3, 0.4) is 0 Å². The number of nitrogens with zero attached hydrogens (tertiary/aromatic N) is 4. The Morgan fingerprint density at radius 1 is 1.39 bits per heavy atom. The first kappa shape index (κ1) is 12.3. The maximum absolute atomic E-state index is 12.2. The summed E-state index contributed by atoms with van der Waals surface area (Å²) in [7, 11) is 0. The van der Waals surface area contributed by atoms with E-state index < -0.39 is 0 Å². The van der Waals surface area contributed by atoms with Crippen molar-refractivity contribution in [3.05, 3.63) is 42.4 Å². The first-order valence-corrected chi connectivity index (χ1v) is 5.92. The molecule has 2 heterocycles. The zero-order chi connectivity index (χ0) is 13.0. The SMILES string of the molecule is CCN(C(=O)Cn1ccc(C)n1)c1ccccn1. The zero-order valence-corrected chi connectivity index (χ0v) is 10.6. The zero-order valence-electron chi connectivity index (χ0n) is 10.6. The van der Waals surface area contributed by atoms with E-state index in [4.69, 9.17) is 0 Å². The van der Waals surface area contributed by atoms with Gasteiger partial charge in [-0.15, -0.1) is 0 Å². The second-order valence-corrected chi connectivity index (χ2v) is 3.98. The van der Waals surface area contributed by atoms with E-state index in [-0.39, 0.29) is 12.5 Å². The highest BCUT2D eigenvalue weighted by Gasteiger charge is 2.15. The molecule has 0 N–H and O–H groups in total. The molecule has 0 aliphatic heterocycles. The van der Waals surface area contributed by atoms with Crippen molar-refractivity contribution in [1.82, 2.24) is 14.8 Å². The minimum atomic E-state index is -0.0145. The van der Waals surface area contributed by atoms with Crippen LogP contribution in [0.15, 0.2) is 36.7 Å². The van der Waals surface area contributed by atoms with E-state index in [0.717, 1.165) is 5.69 Å². The fourth-order valence-corrected chi connectivity index (χ4v) is 1.75. The summed E-state index contributed by atoms with van der Waals surface area (Å²) in [6, 6.07) is 7.41. The summed E-state index contributed by atoms with van der Waals surface area (Å²) in [6.07, 6.45) is 3.49. The second kappa shape index (κ2) is 5.44. The van der Waals surface area contributed by atoms with Crippen molar-refractivity contribution in [1.29, 1.82) is 0 Å². The van der Waals surface area contributed by atoms with Crippen LogP contribution >= 0.6 is 0 Å². The molecule has 0 saturated heterocycles. The van der Waals surface area contributed by atoms with Crippen LogP contribution in [0.4, 0.5) is 5.82 Å². The van der Waals surface area contributed by atoms with Crippen molar-refractivity contribution in [2.24, 2.45) is 0 Å². The Hall–Kier alpha value is -2.17. The Morgan fingerprint density at radius 2 is 2.22 bits per heavy atom.